The molecule has 202 valence electrons. The highest BCUT2D eigenvalue weighted by atomic mass is 16.4. The maximum absolute atomic E-state index is 12.6. The first-order valence-electron chi connectivity index (χ1n) is 12.7. The second-order valence-corrected chi connectivity index (χ2v) is 9.57. The van der Waals surface area contributed by atoms with Gasteiger partial charge in [0.05, 0.1) is 0 Å². The Morgan fingerprint density at radius 1 is 0.641 bits per heavy atom. The first-order chi connectivity index (χ1) is 18.8. The second-order valence-electron chi connectivity index (χ2n) is 9.57. The van der Waals surface area contributed by atoms with Crippen molar-refractivity contribution in [1.29, 1.82) is 0 Å². The molecule has 2 atom stereocenters. The van der Waals surface area contributed by atoms with Crippen LogP contribution in [0.15, 0.2) is 65.1 Å². The number of likely N-dealkylation sites (tertiary alicyclic amines) is 2. The summed E-state index contributed by atoms with van der Waals surface area (Å²) in [5.74, 6) is 0.571. The molecular weight excluding hydrogens is 504 g/mol. The van der Waals surface area contributed by atoms with Gasteiger partial charge in [-0.2, -0.15) is 0 Å². The van der Waals surface area contributed by atoms with E-state index in [4.69, 9.17) is 4.42 Å². The molecule has 0 radical (unpaired) electrons. The Labute approximate surface area is 224 Å². The minimum Gasteiger partial charge on any atom is -0.465 e. The van der Waals surface area contributed by atoms with E-state index >= 15 is 0 Å². The first-order valence-corrected chi connectivity index (χ1v) is 12.7. The summed E-state index contributed by atoms with van der Waals surface area (Å²) in [5, 5.41) is 24.1. The van der Waals surface area contributed by atoms with E-state index in [1.165, 1.54) is 0 Å². The fourth-order valence-corrected chi connectivity index (χ4v) is 5.07. The van der Waals surface area contributed by atoms with E-state index in [1.54, 1.807) is 24.3 Å². The van der Waals surface area contributed by atoms with Gasteiger partial charge in [0, 0.05) is 35.6 Å². The molecule has 11 nitrogen and oxygen atoms in total. The average molecular weight is 533 g/mol. The Bertz CT molecular complexity index is 1280. The first kappa shape index (κ1) is 25.8. The van der Waals surface area contributed by atoms with Gasteiger partial charge in [0.25, 0.3) is 0 Å². The summed E-state index contributed by atoms with van der Waals surface area (Å²) in [6.45, 7) is 0.715. The zero-order valence-electron chi connectivity index (χ0n) is 21.0. The lowest BCUT2D eigenvalue weighted by atomic mass is 10.1. The number of hydrogen-bond acceptors (Lipinski definition) is 5. The monoisotopic (exact) mass is 532 g/mol. The third-order valence-electron chi connectivity index (χ3n) is 7.08. The lowest BCUT2D eigenvalue weighted by molar-refractivity contribution is -0.120. The van der Waals surface area contributed by atoms with Gasteiger partial charge in [-0.05, 0) is 86.3 Å². The molecule has 2 aliphatic heterocycles. The number of carbonyl (C=O) groups excluding carboxylic acids is 2. The average Bonchev–Trinajstić information content (AvgIpc) is 3.70. The van der Waals surface area contributed by atoms with E-state index in [0.29, 0.717) is 61.7 Å². The zero-order valence-corrected chi connectivity index (χ0v) is 21.0. The number of furan rings is 1. The van der Waals surface area contributed by atoms with Gasteiger partial charge < -0.3 is 25.3 Å². The molecule has 3 heterocycles. The van der Waals surface area contributed by atoms with Gasteiger partial charge in [0.15, 0.2) is 0 Å². The van der Waals surface area contributed by atoms with Gasteiger partial charge in [-0.1, -0.05) is 0 Å². The third kappa shape index (κ3) is 5.57. The summed E-state index contributed by atoms with van der Waals surface area (Å²) in [4.78, 5) is 50.1. The molecule has 3 aromatic rings. The number of amides is 4. The van der Waals surface area contributed by atoms with Gasteiger partial charge in [-0.15, -0.1) is 0 Å². The summed E-state index contributed by atoms with van der Waals surface area (Å²) < 4.78 is 6.02. The lowest BCUT2D eigenvalue weighted by Gasteiger charge is -2.20. The van der Waals surface area contributed by atoms with Crippen LogP contribution in [0.1, 0.15) is 25.7 Å². The maximum atomic E-state index is 12.6. The lowest BCUT2D eigenvalue weighted by Crippen LogP contribution is -2.42. The number of hydrogen-bond donors (Lipinski definition) is 4. The fourth-order valence-electron chi connectivity index (χ4n) is 5.07. The topological polar surface area (TPSA) is 152 Å². The SMILES string of the molecule is O=C(Nc1ccc(-c2ccc(-c3ccc(NC(=O)[C@@H]4CCCN4C(=O)O)cc3)o2)cc1)[C@@H]1CCCN1C(=O)O. The smallest absolute Gasteiger partial charge is 0.407 e. The second kappa shape index (κ2) is 10.9. The number of nitrogens with zero attached hydrogens (tertiary/aromatic N) is 2. The van der Waals surface area contributed by atoms with E-state index in [-0.39, 0.29) is 11.8 Å². The normalized spacial score (nSPS) is 18.7. The van der Waals surface area contributed by atoms with Crippen molar-refractivity contribution in [3.05, 3.63) is 60.7 Å². The van der Waals surface area contributed by atoms with Crippen LogP contribution in [-0.2, 0) is 9.59 Å². The number of anilines is 2. The number of nitrogens with one attached hydrogen (secondary N) is 2. The molecule has 4 N–H and O–H groups in total. The van der Waals surface area contributed by atoms with Crippen LogP contribution >= 0.6 is 0 Å². The molecule has 2 aromatic carbocycles. The van der Waals surface area contributed by atoms with Crippen molar-refractivity contribution in [1.82, 2.24) is 9.80 Å². The Morgan fingerprint density at radius 2 is 1.03 bits per heavy atom. The summed E-state index contributed by atoms with van der Waals surface area (Å²) in [6.07, 6.45) is 0.144. The van der Waals surface area contributed by atoms with Gasteiger partial charge >= 0.3 is 12.2 Å². The quantitative estimate of drug-likeness (QED) is 0.357. The molecule has 0 aliphatic carbocycles. The standard InChI is InChI=1S/C28H28N4O7/c33-25(21-3-1-15-31(21)27(35)36)29-19-9-5-17(6-10-19)23-13-14-24(39-23)18-7-11-20(12-8-18)30-26(34)22-4-2-16-32(22)28(37)38/h5-14,21-22H,1-4,15-16H2,(H,29,33)(H,30,34)(H,35,36)(H,37,38)/t21-,22-/m0/s1. The highest BCUT2D eigenvalue weighted by Gasteiger charge is 2.35. The van der Waals surface area contributed by atoms with Crippen molar-refractivity contribution in [2.24, 2.45) is 0 Å². The maximum Gasteiger partial charge on any atom is 0.407 e. The Kier molecular flexibility index (Phi) is 7.22. The fraction of sp³-hybridized carbons (Fsp3) is 0.286. The molecule has 0 spiro atoms. The molecule has 0 unspecified atom stereocenters. The predicted octanol–water partition coefficient (Wildman–Crippen LogP) is 4.78. The molecule has 39 heavy (non-hydrogen) atoms. The van der Waals surface area contributed by atoms with Crippen LogP contribution in [0.3, 0.4) is 0 Å². The van der Waals surface area contributed by atoms with Gasteiger partial charge in [0.1, 0.15) is 23.6 Å². The minimum absolute atomic E-state index is 0.343. The van der Waals surface area contributed by atoms with Gasteiger partial charge in [-0.3, -0.25) is 19.4 Å². The Hall–Kier alpha value is -4.80. The van der Waals surface area contributed by atoms with E-state index < -0.39 is 24.3 Å². The number of rotatable bonds is 6. The van der Waals surface area contributed by atoms with E-state index in [0.717, 1.165) is 20.9 Å². The van der Waals surface area contributed by atoms with Crippen LogP contribution in [0.25, 0.3) is 22.6 Å². The zero-order chi connectivity index (χ0) is 27.5. The molecule has 11 heteroatoms. The van der Waals surface area contributed by atoms with Crippen LogP contribution in [0.5, 0.6) is 0 Å². The van der Waals surface area contributed by atoms with Crippen molar-refractivity contribution >= 4 is 35.4 Å². The molecular formula is C28H28N4O7. The molecule has 2 saturated heterocycles. The summed E-state index contributed by atoms with van der Waals surface area (Å²) in [7, 11) is 0. The van der Waals surface area contributed by atoms with Crippen molar-refractivity contribution in [3.8, 4) is 22.6 Å². The van der Waals surface area contributed by atoms with Crippen molar-refractivity contribution in [3.63, 3.8) is 0 Å². The highest BCUT2D eigenvalue weighted by molar-refractivity contribution is 5.97. The molecule has 0 bridgehead atoms. The Morgan fingerprint density at radius 3 is 1.38 bits per heavy atom. The predicted molar refractivity (Wildman–Crippen MR) is 142 cm³/mol. The van der Waals surface area contributed by atoms with Gasteiger partial charge in [-0.25, -0.2) is 9.59 Å². The van der Waals surface area contributed by atoms with Crippen molar-refractivity contribution in [2.75, 3.05) is 23.7 Å². The van der Waals surface area contributed by atoms with Gasteiger partial charge in [0.2, 0.25) is 11.8 Å². The number of carbonyl (C=O) groups is 4. The molecule has 5 rings (SSSR count). The molecule has 4 amide bonds. The molecule has 1 aromatic heterocycles. The van der Waals surface area contributed by atoms with Crippen LogP contribution in [0, 0.1) is 0 Å². The number of benzene rings is 2. The largest absolute Gasteiger partial charge is 0.465 e. The Balaban J connectivity index is 1.20. The van der Waals surface area contributed by atoms with Crippen LogP contribution in [-0.4, -0.2) is 69.2 Å². The molecule has 0 saturated carbocycles. The molecule has 2 fully saturated rings. The highest BCUT2D eigenvalue weighted by Crippen LogP contribution is 2.30. The van der Waals surface area contributed by atoms with Crippen molar-refractivity contribution < 1.29 is 33.8 Å². The minimum atomic E-state index is -1.09. The summed E-state index contributed by atoms with van der Waals surface area (Å²) in [6, 6.07) is 16.5. The van der Waals surface area contributed by atoms with E-state index in [1.807, 2.05) is 36.4 Å². The van der Waals surface area contributed by atoms with E-state index in [2.05, 4.69) is 10.6 Å². The van der Waals surface area contributed by atoms with Crippen LogP contribution in [0.4, 0.5) is 21.0 Å². The number of carboxylic acid groups (broad SMARTS) is 2. The van der Waals surface area contributed by atoms with Crippen LogP contribution < -0.4 is 10.6 Å². The summed E-state index contributed by atoms with van der Waals surface area (Å²) >= 11 is 0. The molecule has 2 aliphatic rings. The third-order valence-corrected chi connectivity index (χ3v) is 7.08. The van der Waals surface area contributed by atoms with Crippen LogP contribution in [0.2, 0.25) is 0 Å². The summed E-state index contributed by atoms with van der Waals surface area (Å²) in [5.41, 5.74) is 2.73. The van der Waals surface area contributed by atoms with E-state index in [9.17, 15) is 29.4 Å². The van der Waals surface area contributed by atoms with Crippen molar-refractivity contribution in [2.45, 2.75) is 37.8 Å².